The van der Waals surface area contributed by atoms with Gasteiger partial charge >= 0.3 is 11.8 Å². The standard InChI is InChI=1S/C32H33ClFN5O5/c1-42-29-16-23-26(17-30(29)43-18-19-6-10-36-11-7-19)37-13-9-27(23)44-28-5-4-22(15-25(28)34)39-32(41)31(40)38-12-8-20-2-3-21(35)14-24(20)33/h2-5,9,13-17,19,36H,6-8,10-12,18,35H2,1H3,(H,38,40)(H,39,41). The minimum absolute atomic E-state index is 0.0782. The molecule has 0 aliphatic carbocycles. The SMILES string of the molecule is COc1cc2c(Oc3ccc(NC(=O)C(=O)NCCc4ccc(N)cc4Cl)cc3F)ccnc2cc1OCC1CCNCC1. The molecular formula is C32H33ClFN5O5. The quantitative estimate of drug-likeness (QED) is 0.142. The number of halogens is 2. The number of nitrogens with one attached hydrogen (secondary N) is 3. The maximum Gasteiger partial charge on any atom is 0.313 e. The highest BCUT2D eigenvalue weighted by Gasteiger charge is 2.18. The van der Waals surface area contributed by atoms with E-state index in [-0.39, 0.29) is 18.0 Å². The first-order valence-electron chi connectivity index (χ1n) is 14.2. The summed E-state index contributed by atoms with van der Waals surface area (Å²) in [4.78, 5) is 29.1. The lowest BCUT2D eigenvalue weighted by Gasteiger charge is -2.23. The van der Waals surface area contributed by atoms with Crippen LogP contribution < -0.4 is 35.9 Å². The number of carbonyl (C=O) groups excluding carboxylic acids is 2. The number of aromatic nitrogens is 1. The van der Waals surface area contributed by atoms with Crippen LogP contribution in [0.4, 0.5) is 15.8 Å². The first kappa shape index (κ1) is 30.8. The number of piperidine rings is 1. The van der Waals surface area contributed by atoms with Crippen molar-refractivity contribution in [2.45, 2.75) is 19.3 Å². The Morgan fingerprint density at radius 2 is 1.84 bits per heavy atom. The van der Waals surface area contributed by atoms with Gasteiger partial charge in [-0.15, -0.1) is 0 Å². The van der Waals surface area contributed by atoms with Crippen LogP contribution in [0.5, 0.6) is 23.0 Å². The molecule has 5 N–H and O–H groups in total. The summed E-state index contributed by atoms with van der Waals surface area (Å²) in [5.41, 5.74) is 7.68. The second kappa shape index (κ2) is 14.2. The van der Waals surface area contributed by atoms with Gasteiger partial charge in [-0.25, -0.2) is 4.39 Å². The van der Waals surface area contributed by atoms with E-state index in [1.54, 1.807) is 49.7 Å². The summed E-state index contributed by atoms with van der Waals surface area (Å²) in [5, 5.41) is 9.34. The summed E-state index contributed by atoms with van der Waals surface area (Å²) in [6.45, 7) is 2.71. The van der Waals surface area contributed by atoms with E-state index in [2.05, 4.69) is 20.9 Å². The molecule has 0 spiro atoms. The van der Waals surface area contributed by atoms with Crippen molar-refractivity contribution in [1.82, 2.24) is 15.6 Å². The number of hydrogen-bond acceptors (Lipinski definition) is 8. The Bertz CT molecular complexity index is 1660. The molecule has 0 atom stereocenters. The molecular weight excluding hydrogens is 589 g/mol. The average molecular weight is 622 g/mol. The van der Waals surface area contributed by atoms with Gasteiger partial charge in [0, 0.05) is 46.7 Å². The van der Waals surface area contributed by atoms with Crippen LogP contribution >= 0.6 is 11.6 Å². The topological polar surface area (TPSA) is 137 Å². The number of amides is 2. The zero-order valence-corrected chi connectivity index (χ0v) is 24.9. The number of methoxy groups -OCH3 is 1. The highest BCUT2D eigenvalue weighted by Crippen LogP contribution is 2.38. The van der Waals surface area contributed by atoms with Crippen LogP contribution in [0.15, 0.2) is 60.8 Å². The summed E-state index contributed by atoms with van der Waals surface area (Å²) in [6, 6.07) is 14.1. The van der Waals surface area contributed by atoms with Crippen molar-refractivity contribution in [2.75, 3.05) is 44.4 Å². The van der Waals surface area contributed by atoms with Crippen molar-refractivity contribution in [1.29, 1.82) is 0 Å². The maximum atomic E-state index is 15.1. The number of nitrogens with two attached hydrogens (primary N) is 1. The van der Waals surface area contributed by atoms with Gasteiger partial charge in [-0.1, -0.05) is 17.7 Å². The molecule has 12 heteroatoms. The van der Waals surface area contributed by atoms with E-state index >= 15 is 4.39 Å². The Morgan fingerprint density at radius 3 is 2.59 bits per heavy atom. The van der Waals surface area contributed by atoms with Gasteiger partial charge in [-0.3, -0.25) is 14.6 Å². The molecule has 44 heavy (non-hydrogen) atoms. The molecule has 3 aromatic carbocycles. The van der Waals surface area contributed by atoms with Crippen LogP contribution in [0.2, 0.25) is 5.02 Å². The molecule has 10 nitrogen and oxygen atoms in total. The summed E-state index contributed by atoms with van der Waals surface area (Å²) in [7, 11) is 1.55. The van der Waals surface area contributed by atoms with Gasteiger partial charge < -0.3 is 35.9 Å². The number of hydrogen-bond donors (Lipinski definition) is 4. The van der Waals surface area contributed by atoms with Crippen molar-refractivity contribution >= 4 is 45.7 Å². The van der Waals surface area contributed by atoms with Gasteiger partial charge in [-0.05, 0) is 80.2 Å². The summed E-state index contributed by atoms with van der Waals surface area (Å²) < 4.78 is 32.6. The van der Waals surface area contributed by atoms with E-state index in [0.717, 1.165) is 37.6 Å². The highest BCUT2D eigenvalue weighted by atomic mass is 35.5. The monoisotopic (exact) mass is 621 g/mol. The molecule has 0 unspecified atom stereocenters. The van der Waals surface area contributed by atoms with Crippen LogP contribution in [0, 0.1) is 11.7 Å². The molecule has 0 saturated carbocycles. The number of ether oxygens (including phenoxy) is 3. The molecule has 0 radical (unpaired) electrons. The van der Waals surface area contributed by atoms with E-state index in [1.165, 1.54) is 12.1 Å². The molecule has 1 aliphatic heterocycles. The zero-order chi connectivity index (χ0) is 31.1. The predicted molar refractivity (Wildman–Crippen MR) is 167 cm³/mol. The van der Waals surface area contributed by atoms with E-state index in [1.807, 2.05) is 0 Å². The molecule has 2 heterocycles. The summed E-state index contributed by atoms with van der Waals surface area (Å²) in [5.74, 6) is -0.713. The molecule has 1 fully saturated rings. The number of fused-ring (bicyclic) bond motifs is 1. The minimum Gasteiger partial charge on any atom is -0.493 e. The fourth-order valence-electron chi connectivity index (χ4n) is 4.87. The maximum absolute atomic E-state index is 15.1. The van der Waals surface area contributed by atoms with Crippen molar-refractivity contribution in [3.8, 4) is 23.0 Å². The minimum atomic E-state index is -0.938. The highest BCUT2D eigenvalue weighted by molar-refractivity contribution is 6.39. The Balaban J connectivity index is 1.21. The molecule has 230 valence electrons. The third kappa shape index (κ3) is 7.66. The molecule has 0 bridgehead atoms. The fourth-order valence-corrected chi connectivity index (χ4v) is 5.15. The van der Waals surface area contributed by atoms with Crippen LogP contribution in [0.3, 0.4) is 0 Å². The number of nitrogens with zero attached hydrogens (tertiary/aromatic N) is 1. The lowest BCUT2D eigenvalue weighted by molar-refractivity contribution is -0.136. The van der Waals surface area contributed by atoms with E-state index in [9.17, 15) is 9.59 Å². The van der Waals surface area contributed by atoms with Crippen molar-refractivity contribution in [2.24, 2.45) is 5.92 Å². The molecule has 1 aromatic heterocycles. The lowest BCUT2D eigenvalue weighted by Crippen LogP contribution is -2.36. The van der Waals surface area contributed by atoms with Crippen LogP contribution in [0.25, 0.3) is 10.9 Å². The molecule has 4 aromatic rings. The Morgan fingerprint density at radius 1 is 1.02 bits per heavy atom. The van der Waals surface area contributed by atoms with Gasteiger partial charge in [0.05, 0.1) is 19.2 Å². The number of benzene rings is 3. The summed E-state index contributed by atoms with van der Waals surface area (Å²) in [6.07, 6.45) is 4.07. The smallest absolute Gasteiger partial charge is 0.313 e. The summed E-state index contributed by atoms with van der Waals surface area (Å²) >= 11 is 6.14. The third-order valence-electron chi connectivity index (χ3n) is 7.29. The number of nitrogen functional groups attached to an aromatic ring is 1. The first-order valence-corrected chi connectivity index (χ1v) is 14.6. The van der Waals surface area contributed by atoms with Crippen LogP contribution in [0.1, 0.15) is 18.4 Å². The van der Waals surface area contributed by atoms with Crippen LogP contribution in [-0.4, -0.2) is 50.1 Å². The van der Waals surface area contributed by atoms with Crippen LogP contribution in [-0.2, 0) is 16.0 Å². The predicted octanol–water partition coefficient (Wildman–Crippen LogP) is 5.09. The largest absolute Gasteiger partial charge is 0.493 e. The van der Waals surface area contributed by atoms with Gasteiger partial charge in [0.25, 0.3) is 0 Å². The fraction of sp³-hybridized carbons (Fsp3) is 0.281. The number of pyridine rings is 1. The lowest BCUT2D eigenvalue weighted by atomic mass is 9.99. The van der Waals surface area contributed by atoms with Gasteiger partial charge in [0.1, 0.15) is 5.75 Å². The Labute approximate surface area is 259 Å². The second-order valence-electron chi connectivity index (χ2n) is 10.4. The third-order valence-corrected chi connectivity index (χ3v) is 7.64. The first-order chi connectivity index (χ1) is 21.3. The Kier molecular flexibility index (Phi) is 9.98. The normalized spacial score (nSPS) is 13.3. The zero-order valence-electron chi connectivity index (χ0n) is 24.1. The van der Waals surface area contributed by atoms with Gasteiger partial charge in [-0.2, -0.15) is 0 Å². The van der Waals surface area contributed by atoms with Crippen molar-refractivity contribution < 1.29 is 28.2 Å². The number of rotatable bonds is 10. The molecule has 1 saturated heterocycles. The van der Waals surface area contributed by atoms with E-state index in [0.29, 0.717) is 57.8 Å². The number of anilines is 2. The van der Waals surface area contributed by atoms with E-state index in [4.69, 9.17) is 31.5 Å². The number of carbonyl (C=O) groups is 2. The van der Waals surface area contributed by atoms with E-state index < -0.39 is 17.6 Å². The Hall–Kier alpha value is -4.61. The molecule has 5 rings (SSSR count). The van der Waals surface area contributed by atoms with Gasteiger partial charge in [0.15, 0.2) is 23.1 Å². The van der Waals surface area contributed by atoms with Crippen molar-refractivity contribution in [3.05, 3.63) is 77.2 Å². The average Bonchev–Trinajstić information content (AvgIpc) is 3.02. The second-order valence-corrected chi connectivity index (χ2v) is 10.8. The van der Waals surface area contributed by atoms with Gasteiger partial charge in [0.2, 0.25) is 0 Å². The van der Waals surface area contributed by atoms with Crippen molar-refractivity contribution in [3.63, 3.8) is 0 Å². The molecule has 2 amide bonds. The molecule has 1 aliphatic rings.